The van der Waals surface area contributed by atoms with Crippen LogP contribution in [0.15, 0.2) is 18.2 Å². The van der Waals surface area contributed by atoms with E-state index in [4.69, 9.17) is 0 Å². The average molecular weight is 298 g/mol. The van der Waals surface area contributed by atoms with Gasteiger partial charge in [0, 0.05) is 24.2 Å². The lowest BCUT2D eigenvalue weighted by Gasteiger charge is -2.18. The van der Waals surface area contributed by atoms with Crippen LogP contribution in [0, 0.1) is 11.3 Å². The molecule has 2 aromatic rings. The second-order valence-corrected chi connectivity index (χ2v) is 5.98. The molecule has 0 radical (unpaired) electrons. The molecule has 2 rings (SSSR count). The zero-order valence-electron chi connectivity index (χ0n) is 13.3. The lowest BCUT2D eigenvalue weighted by atomic mass is 9.91. The predicted molar refractivity (Wildman–Crippen MR) is 81.2 cm³/mol. The molecule has 2 heterocycles. The highest BCUT2D eigenvalue weighted by Gasteiger charge is 2.21. The molecule has 6 nitrogen and oxygen atoms in total. The van der Waals surface area contributed by atoms with Gasteiger partial charge in [-0.05, 0) is 12.1 Å². The number of aromatic nitrogens is 3. The smallest absolute Gasteiger partial charge is 0.358 e. The molecule has 0 spiro atoms. The van der Waals surface area contributed by atoms with Gasteiger partial charge >= 0.3 is 5.97 Å². The maximum absolute atomic E-state index is 11.6. The molecule has 0 fully saturated rings. The predicted octanol–water partition coefficient (Wildman–Crippen LogP) is 2.44. The molecule has 0 saturated heterocycles. The number of nitrogens with zero attached hydrogens (tertiary/aromatic N) is 4. The highest BCUT2D eigenvalue weighted by molar-refractivity contribution is 5.88. The highest BCUT2D eigenvalue weighted by atomic mass is 16.5. The van der Waals surface area contributed by atoms with Crippen molar-refractivity contribution in [2.24, 2.45) is 7.05 Å². The quantitative estimate of drug-likeness (QED) is 0.795. The zero-order valence-corrected chi connectivity index (χ0v) is 13.3. The lowest BCUT2D eigenvalue weighted by molar-refractivity contribution is 0.0593. The van der Waals surface area contributed by atoms with Crippen LogP contribution in [0.5, 0.6) is 0 Å². The SMILES string of the molecule is COC(=O)c1cc(-c2nc(C(C)(C)C)ccc2C#N)n(C)n1. The van der Waals surface area contributed by atoms with Gasteiger partial charge in [-0.25, -0.2) is 9.78 Å². The third kappa shape index (κ3) is 2.84. The Morgan fingerprint density at radius 1 is 1.36 bits per heavy atom. The number of methoxy groups -OCH3 is 1. The van der Waals surface area contributed by atoms with Crippen LogP contribution in [-0.2, 0) is 17.2 Å². The van der Waals surface area contributed by atoms with Crippen LogP contribution in [0.4, 0.5) is 0 Å². The van der Waals surface area contributed by atoms with Gasteiger partial charge in [-0.15, -0.1) is 0 Å². The van der Waals surface area contributed by atoms with Gasteiger partial charge in [-0.3, -0.25) is 4.68 Å². The van der Waals surface area contributed by atoms with Gasteiger partial charge in [0.1, 0.15) is 11.8 Å². The molecule has 2 aromatic heterocycles. The van der Waals surface area contributed by atoms with Crippen molar-refractivity contribution in [2.75, 3.05) is 7.11 Å². The maximum Gasteiger partial charge on any atom is 0.358 e. The summed E-state index contributed by atoms with van der Waals surface area (Å²) in [4.78, 5) is 16.2. The third-order valence-electron chi connectivity index (χ3n) is 3.30. The maximum atomic E-state index is 11.6. The molecule has 6 heteroatoms. The fraction of sp³-hybridized carbons (Fsp3) is 0.375. The van der Waals surface area contributed by atoms with Crippen molar-refractivity contribution in [3.8, 4) is 17.5 Å². The Hall–Kier alpha value is -2.68. The van der Waals surface area contributed by atoms with E-state index in [1.54, 1.807) is 19.2 Å². The zero-order chi connectivity index (χ0) is 16.5. The Labute approximate surface area is 129 Å². The number of rotatable bonds is 2. The first-order valence-corrected chi connectivity index (χ1v) is 6.82. The molecule has 0 atom stereocenters. The first-order valence-electron chi connectivity index (χ1n) is 6.82. The van der Waals surface area contributed by atoms with Crippen LogP contribution in [-0.4, -0.2) is 27.8 Å². The first kappa shape index (κ1) is 15.7. The summed E-state index contributed by atoms with van der Waals surface area (Å²) in [7, 11) is 3.00. The molecule has 0 saturated carbocycles. The number of aryl methyl sites for hydroxylation is 1. The monoisotopic (exact) mass is 298 g/mol. The van der Waals surface area contributed by atoms with Gasteiger partial charge in [0.2, 0.25) is 0 Å². The van der Waals surface area contributed by atoms with Crippen molar-refractivity contribution < 1.29 is 9.53 Å². The molecule has 0 amide bonds. The minimum atomic E-state index is -0.521. The van der Waals surface area contributed by atoms with E-state index in [0.717, 1.165) is 5.69 Å². The van der Waals surface area contributed by atoms with Crippen molar-refractivity contribution in [3.05, 3.63) is 35.2 Å². The average Bonchev–Trinajstić information content (AvgIpc) is 2.86. The Morgan fingerprint density at radius 3 is 2.59 bits per heavy atom. The van der Waals surface area contributed by atoms with Crippen molar-refractivity contribution in [1.82, 2.24) is 14.8 Å². The Kier molecular flexibility index (Phi) is 4.00. The Morgan fingerprint density at radius 2 is 2.05 bits per heavy atom. The number of nitriles is 1. The van der Waals surface area contributed by atoms with Crippen molar-refractivity contribution >= 4 is 5.97 Å². The molecular formula is C16H18N4O2. The molecule has 0 unspecified atom stereocenters. The summed E-state index contributed by atoms with van der Waals surface area (Å²) >= 11 is 0. The van der Waals surface area contributed by atoms with Gasteiger partial charge in [-0.2, -0.15) is 10.4 Å². The van der Waals surface area contributed by atoms with Crippen LogP contribution in [0.25, 0.3) is 11.4 Å². The van der Waals surface area contributed by atoms with Crippen molar-refractivity contribution in [3.63, 3.8) is 0 Å². The number of carbonyl (C=O) groups is 1. The van der Waals surface area contributed by atoms with E-state index >= 15 is 0 Å². The largest absolute Gasteiger partial charge is 0.464 e. The van der Waals surface area contributed by atoms with E-state index in [1.807, 2.05) is 26.8 Å². The number of pyridine rings is 1. The van der Waals surface area contributed by atoms with Crippen LogP contribution in [0.2, 0.25) is 0 Å². The van der Waals surface area contributed by atoms with Crippen LogP contribution >= 0.6 is 0 Å². The molecular weight excluding hydrogens is 280 g/mol. The summed E-state index contributed by atoms with van der Waals surface area (Å²) in [6.45, 7) is 6.15. The highest BCUT2D eigenvalue weighted by Crippen LogP contribution is 2.27. The van der Waals surface area contributed by atoms with Crippen LogP contribution in [0.1, 0.15) is 42.5 Å². The van der Waals surface area contributed by atoms with E-state index in [1.165, 1.54) is 11.8 Å². The molecule has 0 aromatic carbocycles. The van der Waals surface area contributed by atoms with E-state index in [0.29, 0.717) is 17.0 Å². The number of hydrogen-bond donors (Lipinski definition) is 0. The third-order valence-corrected chi connectivity index (χ3v) is 3.30. The topological polar surface area (TPSA) is 80.8 Å². The minimum absolute atomic E-state index is 0.146. The van der Waals surface area contributed by atoms with Gasteiger partial charge in [0.05, 0.1) is 18.4 Å². The second kappa shape index (κ2) is 5.60. The summed E-state index contributed by atoms with van der Waals surface area (Å²) in [6.07, 6.45) is 0. The van der Waals surface area contributed by atoms with E-state index in [9.17, 15) is 10.1 Å². The molecule has 0 bridgehead atoms. The minimum Gasteiger partial charge on any atom is -0.464 e. The van der Waals surface area contributed by atoms with Crippen molar-refractivity contribution in [1.29, 1.82) is 5.26 Å². The fourth-order valence-corrected chi connectivity index (χ4v) is 2.06. The summed E-state index contributed by atoms with van der Waals surface area (Å²) in [5.74, 6) is -0.521. The molecule has 0 aliphatic heterocycles. The van der Waals surface area contributed by atoms with Gasteiger partial charge in [-0.1, -0.05) is 20.8 Å². The number of ether oxygens (including phenoxy) is 1. The van der Waals surface area contributed by atoms with Gasteiger partial charge in [0.25, 0.3) is 0 Å². The fourth-order valence-electron chi connectivity index (χ4n) is 2.06. The molecule has 22 heavy (non-hydrogen) atoms. The Bertz CT molecular complexity index is 763. The summed E-state index contributed by atoms with van der Waals surface area (Å²) in [5, 5.41) is 13.4. The molecule has 114 valence electrons. The standard InChI is InChI=1S/C16H18N4O2/c1-16(2,3)13-7-6-10(9-17)14(18-13)12-8-11(15(21)22-5)19-20(12)4/h6-8H,1-5H3. The normalized spacial score (nSPS) is 11.1. The van der Waals surface area contributed by atoms with Crippen molar-refractivity contribution in [2.45, 2.75) is 26.2 Å². The van der Waals surface area contributed by atoms with Gasteiger partial charge in [0.15, 0.2) is 5.69 Å². The van der Waals surface area contributed by atoms with E-state index in [2.05, 4.69) is 20.9 Å². The van der Waals surface area contributed by atoms with E-state index < -0.39 is 5.97 Å². The number of esters is 1. The van der Waals surface area contributed by atoms with Crippen LogP contribution in [0.3, 0.4) is 0 Å². The molecule has 0 aliphatic rings. The lowest BCUT2D eigenvalue weighted by Crippen LogP contribution is -2.14. The summed E-state index contributed by atoms with van der Waals surface area (Å²) in [5.41, 5.74) is 2.46. The number of hydrogen-bond acceptors (Lipinski definition) is 5. The number of carbonyl (C=O) groups excluding carboxylic acids is 1. The second-order valence-electron chi connectivity index (χ2n) is 5.98. The Balaban J connectivity index is 2.63. The summed E-state index contributed by atoms with van der Waals surface area (Å²) < 4.78 is 6.20. The van der Waals surface area contributed by atoms with Gasteiger partial charge < -0.3 is 4.74 Å². The van der Waals surface area contributed by atoms with E-state index in [-0.39, 0.29) is 11.1 Å². The molecule has 0 aliphatic carbocycles. The summed E-state index contributed by atoms with van der Waals surface area (Å²) in [6, 6.07) is 7.31. The van der Waals surface area contributed by atoms with Crippen LogP contribution < -0.4 is 0 Å². The first-order chi connectivity index (χ1) is 10.3. The molecule has 0 N–H and O–H groups in total.